The van der Waals surface area contributed by atoms with Crippen LogP contribution in [0.25, 0.3) is 10.2 Å². The van der Waals surface area contributed by atoms with Gasteiger partial charge in [-0.2, -0.15) is 5.10 Å². The summed E-state index contributed by atoms with van der Waals surface area (Å²) >= 11 is 1.65. The average Bonchev–Trinajstić information content (AvgIpc) is 3.26. The normalized spacial score (nSPS) is 10.8. The van der Waals surface area contributed by atoms with Gasteiger partial charge in [0.05, 0.1) is 23.4 Å². The van der Waals surface area contributed by atoms with Gasteiger partial charge < -0.3 is 9.64 Å². The molecule has 146 valence electrons. The monoisotopic (exact) mass is 396 g/mol. The van der Waals surface area contributed by atoms with E-state index in [-0.39, 0.29) is 0 Å². The maximum Gasteiger partial charge on any atom is 0.358 e. The van der Waals surface area contributed by atoms with E-state index in [1.807, 2.05) is 35.9 Å². The molecule has 2 heterocycles. The summed E-state index contributed by atoms with van der Waals surface area (Å²) in [5.41, 5.74) is 3.23. The molecule has 0 radical (unpaired) electrons. The fourth-order valence-corrected chi connectivity index (χ4v) is 3.97. The zero-order valence-electron chi connectivity index (χ0n) is 16.2. The number of rotatable bonds is 9. The highest BCUT2D eigenvalue weighted by Gasteiger charge is 2.16. The van der Waals surface area contributed by atoms with Crippen molar-refractivity contribution < 1.29 is 9.53 Å². The second kappa shape index (κ2) is 8.84. The molecule has 0 atom stereocenters. The summed E-state index contributed by atoms with van der Waals surface area (Å²) in [6.45, 7) is 13.7. The van der Waals surface area contributed by atoms with Gasteiger partial charge in [0.25, 0.3) is 0 Å². The van der Waals surface area contributed by atoms with Crippen molar-refractivity contribution in [3.8, 4) is 0 Å². The molecule has 0 saturated carbocycles. The highest BCUT2D eigenvalue weighted by molar-refractivity contribution is 7.22. The fraction of sp³-hybridized carbons (Fsp3) is 0.286. The molecular formula is C21H24N4O2S. The van der Waals surface area contributed by atoms with Crippen molar-refractivity contribution in [2.24, 2.45) is 0 Å². The van der Waals surface area contributed by atoms with Gasteiger partial charge in [0.1, 0.15) is 0 Å². The van der Waals surface area contributed by atoms with Gasteiger partial charge in [-0.15, -0.1) is 13.2 Å². The highest BCUT2D eigenvalue weighted by Crippen LogP contribution is 2.31. The van der Waals surface area contributed by atoms with Crippen LogP contribution < -0.4 is 4.90 Å². The molecule has 6 nitrogen and oxygen atoms in total. The number of esters is 1. The number of aryl methyl sites for hydroxylation is 1. The lowest BCUT2D eigenvalue weighted by Crippen LogP contribution is -2.22. The Bertz CT molecular complexity index is 995. The molecule has 7 heteroatoms. The number of para-hydroxylation sites is 1. The van der Waals surface area contributed by atoms with Crippen LogP contribution in [0.3, 0.4) is 0 Å². The first-order valence-electron chi connectivity index (χ1n) is 9.14. The largest absolute Gasteiger partial charge is 0.461 e. The lowest BCUT2D eigenvalue weighted by Gasteiger charge is -2.17. The Morgan fingerprint density at radius 2 is 2.07 bits per heavy atom. The summed E-state index contributed by atoms with van der Waals surface area (Å²) in [5.74, 6) is -0.400. The van der Waals surface area contributed by atoms with Crippen LogP contribution in [0, 0.1) is 6.92 Å². The van der Waals surface area contributed by atoms with Crippen LogP contribution in [0.5, 0.6) is 0 Å². The highest BCUT2D eigenvalue weighted by atomic mass is 32.1. The van der Waals surface area contributed by atoms with Gasteiger partial charge in [0.2, 0.25) is 0 Å². The molecule has 0 fully saturated rings. The molecule has 0 spiro atoms. The predicted molar refractivity (Wildman–Crippen MR) is 114 cm³/mol. The third-order valence-corrected chi connectivity index (χ3v) is 5.33. The number of thiazole rings is 1. The van der Waals surface area contributed by atoms with Crippen molar-refractivity contribution in [3.63, 3.8) is 0 Å². The molecule has 3 aromatic rings. The minimum atomic E-state index is -0.400. The topological polar surface area (TPSA) is 60.2 Å². The van der Waals surface area contributed by atoms with Crippen molar-refractivity contribution in [2.75, 3.05) is 24.6 Å². The van der Waals surface area contributed by atoms with Gasteiger partial charge in [-0.3, -0.25) is 4.68 Å². The Labute approximate surface area is 168 Å². The maximum atomic E-state index is 11.9. The van der Waals surface area contributed by atoms with Crippen molar-refractivity contribution >= 4 is 32.7 Å². The van der Waals surface area contributed by atoms with Gasteiger partial charge in [-0.1, -0.05) is 35.6 Å². The van der Waals surface area contributed by atoms with Crippen LogP contribution in [-0.4, -0.2) is 40.4 Å². The minimum Gasteiger partial charge on any atom is -0.461 e. The van der Waals surface area contributed by atoms with Gasteiger partial charge in [-0.25, -0.2) is 9.78 Å². The first-order valence-corrected chi connectivity index (χ1v) is 9.95. The Balaban J connectivity index is 1.93. The summed E-state index contributed by atoms with van der Waals surface area (Å²) in [6, 6.07) is 7.89. The summed E-state index contributed by atoms with van der Waals surface area (Å²) < 4.78 is 7.97. The van der Waals surface area contributed by atoms with E-state index in [4.69, 9.17) is 9.72 Å². The number of hydrogen-bond acceptors (Lipinski definition) is 6. The summed E-state index contributed by atoms with van der Waals surface area (Å²) in [6.07, 6.45) is 3.72. The Morgan fingerprint density at radius 3 is 2.75 bits per heavy atom. The Kier molecular flexibility index (Phi) is 6.26. The molecular weight excluding hydrogens is 372 g/mol. The molecule has 2 aromatic heterocycles. The molecule has 0 saturated heterocycles. The second-order valence-electron chi connectivity index (χ2n) is 6.29. The first kappa shape index (κ1) is 19.8. The first-order chi connectivity index (χ1) is 13.6. The quantitative estimate of drug-likeness (QED) is 0.401. The predicted octanol–water partition coefficient (Wildman–Crippen LogP) is 4.20. The van der Waals surface area contributed by atoms with E-state index in [0.29, 0.717) is 31.9 Å². The third-order valence-electron chi connectivity index (χ3n) is 4.25. The van der Waals surface area contributed by atoms with E-state index >= 15 is 0 Å². The van der Waals surface area contributed by atoms with Gasteiger partial charge in [0, 0.05) is 24.3 Å². The minimum absolute atomic E-state index is 0.327. The molecule has 28 heavy (non-hydrogen) atoms. The summed E-state index contributed by atoms with van der Waals surface area (Å²) in [5, 5.41) is 5.35. The average molecular weight is 397 g/mol. The number of aromatic nitrogens is 3. The molecule has 0 unspecified atom stereocenters. The van der Waals surface area contributed by atoms with Crippen LogP contribution in [0.4, 0.5) is 5.13 Å². The van der Waals surface area contributed by atoms with Crippen molar-refractivity contribution in [2.45, 2.75) is 20.4 Å². The molecule has 0 N–H and O–H groups in total. The zero-order valence-corrected chi connectivity index (χ0v) is 17.0. The molecule has 0 bridgehead atoms. The van der Waals surface area contributed by atoms with E-state index in [0.717, 1.165) is 26.6 Å². The number of nitrogens with zero attached hydrogens (tertiary/aromatic N) is 4. The fourth-order valence-electron chi connectivity index (χ4n) is 2.94. The van der Waals surface area contributed by atoms with Gasteiger partial charge >= 0.3 is 5.97 Å². The van der Waals surface area contributed by atoms with Crippen LogP contribution in [0.15, 0.2) is 49.6 Å². The number of carbonyl (C=O) groups excluding carboxylic acids is 1. The number of benzene rings is 1. The molecule has 0 aliphatic rings. The number of fused-ring (bicyclic) bond motifs is 1. The van der Waals surface area contributed by atoms with E-state index in [2.05, 4.69) is 29.2 Å². The van der Waals surface area contributed by atoms with E-state index < -0.39 is 5.97 Å². The van der Waals surface area contributed by atoms with Crippen molar-refractivity contribution in [1.29, 1.82) is 0 Å². The molecule has 0 aliphatic heterocycles. The number of hydrogen-bond donors (Lipinski definition) is 0. The summed E-state index contributed by atoms with van der Waals surface area (Å²) in [4.78, 5) is 18.9. The standard InChI is InChI=1S/C21H24N4O2S/c1-5-11-24(12-6-2)21-22-19-16(9-8-10-18(19)28-21)14-25-15(4)13-17(23-25)20(26)27-7-3/h5-6,8-10,13H,1-2,7,11-12,14H2,3-4H3. The third kappa shape index (κ3) is 4.14. The van der Waals surface area contributed by atoms with E-state index in [1.165, 1.54) is 0 Å². The summed E-state index contributed by atoms with van der Waals surface area (Å²) in [7, 11) is 0. The lowest BCUT2D eigenvalue weighted by atomic mass is 10.2. The number of carbonyl (C=O) groups is 1. The van der Waals surface area contributed by atoms with Crippen molar-refractivity contribution in [1.82, 2.24) is 14.8 Å². The van der Waals surface area contributed by atoms with Gasteiger partial charge in [0.15, 0.2) is 10.8 Å². The smallest absolute Gasteiger partial charge is 0.358 e. The van der Waals surface area contributed by atoms with E-state index in [9.17, 15) is 4.79 Å². The second-order valence-corrected chi connectivity index (χ2v) is 7.30. The Morgan fingerprint density at radius 1 is 1.32 bits per heavy atom. The molecule has 3 rings (SSSR count). The zero-order chi connectivity index (χ0) is 20.1. The molecule has 0 aliphatic carbocycles. The maximum absolute atomic E-state index is 11.9. The van der Waals surface area contributed by atoms with Crippen LogP contribution in [0.1, 0.15) is 28.7 Å². The van der Waals surface area contributed by atoms with Crippen LogP contribution in [-0.2, 0) is 11.3 Å². The van der Waals surface area contributed by atoms with Crippen LogP contribution >= 0.6 is 11.3 Å². The SMILES string of the molecule is C=CCN(CC=C)c1nc2c(Cn3nc(C(=O)OCC)cc3C)cccc2s1. The van der Waals surface area contributed by atoms with Crippen molar-refractivity contribution in [3.05, 3.63) is 66.5 Å². The van der Waals surface area contributed by atoms with Gasteiger partial charge in [-0.05, 0) is 26.0 Å². The molecule has 1 aromatic carbocycles. The van der Waals surface area contributed by atoms with E-state index in [1.54, 1.807) is 24.3 Å². The lowest BCUT2D eigenvalue weighted by molar-refractivity contribution is 0.0518. The van der Waals surface area contributed by atoms with Crippen LogP contribution in [0.2, 0.25) is 0 Å². The number of ether oxygens (including phenoxy) is 1. The Hall–Kier alpha value is -2.93. The number of anilines is 1. The molecule has 0 amide bonds.